The second kappa shape index (κ2) is 5.32. The molecule has 0 N–H and O–H groups in total. The van der Waals surface area contributed by atoms with Crippen LogP contribution in [0.1, 0.15) is 26.3 Å². The van der Waals surface area contributed by atoms with Crippen molar-refractivity contribution in [3.63, 3.8) is 0 Å². The van der Waals surface area contributed by atoms with Gasteiger partial charge in [0.2, 0.25) is 0 Å². The van der Waals surface area contributed by atoms with Gasteiger partial charge in [0, 0.05) is 4.47 Å². The molecule has 0 spiro atoms. The lowest BCUT2D eigenvalue weighted by Gasteiger charge is -2.10. The van der Waals surface area contributed by atoms with Gasteiger partial charge >= 0.3 is 0 Å². The minimum atomic E-state index is -0.227. The van der Waals surface area contributed by atoms with Crippen molar-refractivity contribution < 1.29 is 8.37 Å². The van der Waals surface area contributed by atoms with Gasteiger partial charge in [0.1, 0.15) is 12.9 Å². The number of hydrogen-bond acceptors (Lipinski definition) is 1. The van der Waals surface area contributed by atoms with Gasteiger partial charge in [-0.05, 0) is 54.9 Å². The minimum Gasteiger partial charge on any atom is -0.207 e. The molecule has 0 aromatic heterocycles. The molecular formula is C12H16BrFNS+. The van der Waals surface area contributed by atoms with Gasteiger partial charge in [-0.25, -0.2) is 4.39 Å². The number of hydrogen-bond donors (Lipinski definition) is 0. The van der Waals surface area contributed by atoms with E-state index in [2.05, 4.69) is 36.7 Å². The minimum absolute atomic E-state index is 0.164. The second-order valence-electron chi connectivity index (χ2n) is 4.54. The number of benzene rings is 1. The Morgan fingerprint density at radius 3 is 2.50 bits per heavy atom. The Hall–Kier alpha value is -0.350. The smallest absolute Gasteiger partial charge is 0.185 e. The molecule has 0 amide bonds. The third-order valence-electron chi connectivity index (χ3n) is 1.70. The first kappa shape index (κ1) is 13.7. The molecule has 16 heavy (non-hydrogen) atoms. The van der Waals surface area contributed by atoms with E-state index in [1.807, 2.05) is 17.2 Å². The molecule has 0 heterocycles. The molecule has 0 fully saturated rings. The Morgan fingerprint density at radius 1 is 1.38 bits per heavy atom. The van der Waals surface area contributed by atoms with E-state index in [4.69, 9.17) is 0 Å². The molecule has 1 nitrogen and oxygen atoms in total. The summed E-state index contributed by atoms with van der Waals surface area (Å²) in [7, 11) is 1.99. The predicted molar refractivity (Wildman–Crippen MR) is 72.8 cm³/mol. The summed E-state index contributed by atoms with van der Waals surface area (Å²) >= 11 is 5.08. The summed E-state index contributed by atoms with van der Waals surface area (Å²) in [6.07, 6.45) is 1.99. The van der Waals surface area contributed by atoms with Crippen molar-refractivity contribution >= 4 is 34.1 Å². The highest BCUT2D eigenvalue weighted by molar-refractivity contribution is 9.10. The highest BCUT2D eigenvalue weighted by Gasteiger charge is 2.19. The lowest BCUT2D eigenvalue weighted by Crippen LogP contribution is -2.14. The molecule has 88 valence electrons. The lowest BCUT2D eigenvalue weighted by atomic mass is 10.2. The molecule has 1 rings (SSSR count). The fraction of sp³-hybridized carbons (Fsp3) is 0.417. The standard InChI is InChI=1S/C12H16BrFNS/c1-12(2,3)16-15(4)8-9-5-6-10(14)7-11(9)13/h5-8H,1-4H3/q+1/b15-8+. The summed E-state index contributed by atoms with van der Waals surface area (Å²) in [4.78, 5) is 0. The largest absolute Gasteiger partial charge is 0.207 e. The average molecular weight is 305 g/mol. The zero-order valence-electron chi connectivity index (χ0n) is 9.92. The third kappa shape index (κ3) is 4.66. The Bertz CT molecular complexity index is 410. The fourth-order valence-corrected chi connectivity index (χ4v) is 2.74. The summed E-state index contributed by atoms with van der Waals surface area (Å²) in [5.74, 6) is -0.227. The van der Waals surface area contributed by atoms with E-state index in [9.17, 15) is 4.39 Å². The van der Waals surface area contributed by atoms with E-state index >= 15 is 0 Å². The van der Waals surface area contributed by atoms with Gasteiger partial charge in [-0.3, -0.25) is 0 Å². The topological polar surface area (TPSA) is 3.01 Å². The molecule has 0 aliphatic rings. The molecule has 0 bridgehead atoms. The molecule has 0 unspecified atom stereocenters. The van der Waals surface area contributed by atoms with Gasteiger partial charge in [0.25, 0.3) is 0 Å². The first-order valence-electron chi connectivity index (χ1n) is 5.00. The van der Waals surface area contributed by atoms with Gasteiger partial charge < -0.3 is 0 Å². The summed E-state index contributed by atoms with van der Waals surface area (Å²) in [6.45, 7) is 6.46. The van der Waals surface area contributed by atoms with Crippen molar-refractivity contribution in [3.8, 4) is 0 Å². The maximum Gasteiger partial charge on any atom is 0.185 e. The SMILES string of the molecule is C/[N+](=C\c1ccc(F)cc1Br)SC(C)(C)C. The van der Waals surface area contributed by atoms with Crippen LogP contribution in [0, 0.1) is 5.82 Å². The lowest BCUT2D eigenvalue weighted by molar-refractivity contribution is -0.302. The molecule has 4 heteroatoms. The maximum atomic E-state index is 12.9. The summed E-state index contributed by atoms with van der Waals surface area (Å²) in [5.41, 5.74) is 0.973. The monoisotopic (exact) mass is 304 g/mol. The molecule has 0 atom stereocenters. The zero-order valence-corrected chi connectivity index (χ0v) is 12.3. The van der Waals surface area contributed by atoms with E-state index in [0.29, 0.717) is 0 Å². The highest BCUT2D eigenvalue weighted by atomic mass is 79.9. The van der Waals surface area contributed by atoms with Gasteiger partial charge in [-0.15, -0.1) is 0 Å². The van der Waals surface area contributed by atoms with Crippen LogP contribution in [-0.4, -0.2) is 22.0 Å². The molecular weight excluding hydrogens is 289 g/mol. The van der Waals surface area contributed by atoms with Crippen LogP contribution >= 0.6 is 27.9 Å². The molecule has 0 aliphatic heterocycles. The summed E-state index contributed by atoms with van der Waals surface area (Å²) < 4.78 is 15.9. The maximum absolute atomic E-state index is 12.9. The molecule has 1 aromatic rings. The summed E-state index contributed by atoms with van der Waals surface area (Å²) in [5, 5.41) is 0. The quantitative estimate of drug-likeness (QED) is 0.452. The van der Waals surface area contributed by atoms with Crippen LogP contribution in [0.5, 0.6) is 0 Å². The molecule has 0 aliphatic carbocycles. The van der Waals surface area contributed by atoms with Crippen LogP contribution in [0.15, 0.2) is 22.7 Å². The van der Waals surface area contributed by atoms with Gasteiger partial charge in [-0.2, -0.15) is 3.98 Å². The van der Waals surface area contributed by atoms with Gasteiger partial charge in [0.05, 0.1) is 10.3 Å². The van der Waals surface area contributed by atoms with Crippen molar-refractivity contribution in [2.45, 2.75) is 25.5 Å². The van der Waals surface area contributed by atoms with E-state index in [0.717, 1.165) is 10.0 Å². The molecule has 0 radical (unpaired) electrons. The Kier molecular flexibility index (Phi) is 4.56. The summed E-state index contributed by atoms with van der Waals surface area (Å²) in [6, 6.07) is 4.70. The highest BCUT2D eigenvalue weighted by Crippen LogP contribution is 2.23. The van der Waals surface area contributed by atoms with Crippen molar-refractivity contribution in [1.29, 1.82) is 0 Å². The Balaban J connectivity index is 2.90. The van der Waals surface area contributed by atoms with Crippen LogP contribution in [0.3, 0.4) is 0 Å². The Morgan fingerprint density at radius 2 is 2.00 bits per heavy atom. The van der Waals surface area contributed by atoms with Crippen molar-refractivity contribution in [1.82, 2.24) is 0 Å². The second-order valence-corrected chi connectivity index (χ2v) is 7.38. The first-order valence-corrected chi connectivity index (χ1v) is 6.56. The van der Waals surface area contributed by atoms with E-state index in [1.54, 1.807) is 18.0 Å². The molecule has 0 saturated carbocycles. The fourth-order valence-electron chi connectivity index (χ4n) is 1.26. The van der Waals surface area contributed by atoms with Crippen molar-refractivity contribution in [2.75, 3.05) is 7.05 Å². The number of rotatable bonds is 2. The van der Waals surface area contributed by atoms with Crippen molar-refractivity contribution in [2.24, 2.45) is 0 Å². The normalized spacial score (nSPS) is 13.0. The van der Waals surface area contributed by atoms with Crippen LogP contribution in [0.2, 0.25) is 0 Å². The first-order chi connectivity index (χ1) is 7.28. The average Bonchev–Trinajstić information content (AvgIpc) is 2.06. The third-order valence-corrected chi connectivity index (χ3v) is 3.33. The predicted octanol–water partition coefficient (Wildman–Crippen LogP) is 4.10. The number of halogens is 2. The zero-order chi connectivity index (χ0) is 12.3. The van der Waals surface area contributed by atoms with Gasteiger partial charge in [0.15, 0.2) is 18.2 Å². The van der Waals surface area contributed by atoms with Crippen LogP contribution in [-0.2, 0) is 0 Å². The van der Waals surface area contributed by atoms with E-state index in [1.165, 1.54) is 12.1 Å². The van der Waals surface area contributed by atoms with Crippen LogP contribution < -0.4 is 0 Å². The van der Waals surface area contributed by atoms with E-state index < -0.39 is 0 Å². The van der Waals surface area contributed by atoms with Crippen LogP contribution in [0.25, 0.3) is 0 Å². The van der Waals surface area contributed by atoms with E-state index in [-0.39, 0.29) is 10.6 Å². The molecule has 1 aromatic carbocycles. The molecule has 0 saturated heterocycles. The van der Waals surface area contributed by atoms with Gasteiger partial charge in [-0.1, -0.05) is 0 Å². The number of nitrogens with zero attached hydrogens (tertiary/aromatic N) is 1. The van der Waals surface area contributed by atoms with Crippen LogP contribution in [0.4, 0.5) is 4.39 Å². The Labute approximate surface area is 109 Å². The van der Waals surface area contributed by atoms with Crippen molar-refractivity contribution in [3.05, 3.63) is 34.1 Å².